The zero-order chi connectivity index (χ0) is 20.2. The topological polar surface area (TPSA) is 45.1 Å². The molecule has 0 N–H and O–H groups in total. The molecule has 2 rings (SSSR count). The highest BCUT2D eigenvalue weighted by molar-refractivity contribution is 5.80. The van der Waals surface area contributed by atoms with Crippen LogP contribution in [0.25, 0.3) is 6.08 Å². The van der Waals surface area contributed by atoms with E-state index in [-0.39, 0.29) is 6.09 Å². The van der Waals surface area contributed by atoms with Crippen LogP contribution in [0.2, 0.25) is 0 Å². The number of benzene rings is 1. The molecule has 1 saturated heterocycles. The number of amides is 1. The number of anilines is 1. The molecular weight excluding hydrogens is 338 g/mol. The zero-order valence-electron chi connectivity index (χ0n) is 17.4. The maximum atomic E-state index is 12.4. The van der Waals surface area contributed by atoms with Crippen LogP contribution in [0.1, 0.15) is 58.1 Å². The third-order valence-corrected chi connectivity index (χ3v) is 4.67. The molecule has 0 aromatic heterocycles. The van der Waals surface area contributed by atoms with Gasteiger partial charge < -0.3 is 14.5 Å². The predicted octanol–water partition coefficient (Wildman–Crippen LogP) is 5.23. The van der Waals surface area contributed by atoms with Gasteiger partial charge in [-0.2, -0.15) is 0 Å². The van der Waals surface area contributed by atoms with E-state index in [1.807, 2.05) is 26.8 Å². The highest BCUT2D eigenvalue weighted by atomic mass is 16.6. The Balaban J connectivity index is 2.26. The normalized spacial score (nSPS) is 15.5. The summed E-state index contributed by atoms with van der Waals surface area (Å²) < 4.78 is 5.53. The summed E-state index contributed by atoms with van der Waals surface area (Å²) in [6, 6.07) is 4.33. The van der Waals surface area contributed by atoms with E-state index in [0.717, 1.165) is 36.4 Å². The lowest BCUT2D eigenvalue weighted by Gasteiger charge is -2.28. The molecule has 148 valence electrons. The maximum Gasteiger partial charge on any atom is 0.410 e. The van der Waals surface area contributed by atoms with Crippen LogP contribution in [0.4, 0.5) is 16.2 Å². The highest BCUT2D eigenvalue weighted by Crippen LogP contribution is 2.37. The molecule has 27 heavy (non-hydrogen) atoms. The first-order chi connectivity index (χ1) is 12.7. The van der Waals surface area contributed by atoms with E-state index in [0.29, 0.717) is 19.0 Å². The van der Waals surface area contributed by atoms with Crippen molar-refractivity contribution < 1.29 is 9.53 Å². The van der Waals surface area contributed by atoms with E-state index in [4.69, 9.17) is 4.74 Å². The van der Waals surface area contributed by atoms with Crippen LogP contribution in [0, 0.1) is 0 Å². The van der Waals surface area contributed by atoms with Gasteiger partial charge in [0.15, 0.2) is 0 Å². The summed E-state index contributed by atoms with van der Waals surface area (Å²) >= 11 is 0. The molecule has 5 nitrogen and oxygen atoms in total. The fraction of sp³-hybridized carbons (Fsp3) is 0.545. The largest absolute Gasteiger partial charge is 0.444 e. The smallest absolute Gasteiger partial charge is 0.410 e. The lowest BCUT2D eigenvalue weighted by molar-refractivity contribution is 0.0263. The Hall–Kier alpha value is -2.30. The van der Waals surface area contributed by atoms with Crippen LogP contribution in [-0.4, -0.2) is 49.5 Å². The summed E-state index contributed by atoms with van der Waals surface area (Å²) in [5.41, 5.74) is 3.70. The molecule has 1 fully saturated rings. The molecule has 0 aliphatic carbocycles. The second kappa shape index (κ2) is 8.59. The number of rotatable bonds is 4. The van der Waals surface area contributed by atoms with Crippen LogP contribution < -0.4 is 4.90 Å². The number of ether oxygens (including phenoxy) is 1. The number of carbonyl (C=O) groups is 1. The van der Waals surface area contributed by atoms with Crippen LogP contribution >= 0.6 is 0 Å². The van der Waals surface area contributed by atoms with Crippen LogP contribution in [-0.2, 0) is 4.74 Å². The van der Waals surface area contributed by atoms with Crippen molar-refractivity contribution in [3.05, 3.63) is 29.8 Å². The molecule has 0 saturated carbocycles. The van der Waals surface area contributed by atoms with Gasteiger partial charge in [0.25, 0.3) is 0 Å². The van der Waals surface area contributed by atoms with Gasteiger partial charge in [-0.25, -0.2) is 4.79 Å². The summed E-state index contributed by atoms with van der Waals surface area (Å²) in [4.78, 5) is 20.8. The minimum atomic E-state index is -0.479. The third-order valence-electron chi connectivity index (χ3n) is 4.67. The second-order valence-electron chi connectivity index (χ2n) is 8.30. The standard InChI is InChI=1S/C22H33N3O2/c1-8-17-14-18(16(2)3)15-19(20(17)23-7)24-10-9-11-25(13-12-24)21(26)27-22(4,5)6/h8,14-16H,1,7,9-13H2,2-6H3. The first-order valence-corrected chi connectivity index (χ1v) is 9.66. The molecule has 1 aliphatic heterocycles. The molecule has 0 atom stereocenters. The van der Waals surface area contributed by atoms with E-state index in [1.165, 1.54) is 5.56 Å². The van der Waals surface area contributed by atoms with Crippen molar-refractivity contribution >= 4 is 30.3 Å². The van der Waals surface area contributed by atoms with Gasteiger partial charge in [-0.3, -0.25) is 4.99 Å². The molecular formula is C22H33N3O2. The fourth-order valence-corrected chi connectivity index (χ4v) is 3.23. The van der Waals surface area contributed by atoms with E-state index in [2.05, 4.69) is 49.2 Å². The van der Waals surface area contributed by atoms with Crippen molar-refractivity contribution in [2.24, 2.45) is 4.99 Å². The van der Waals surface area contributed by atoms with Crippen molar-refractivity contribution in [3.8, 4) is 0 Å². The number of hydrogen-bond donors (Lipinski definition) is 0. The SMILES string of the molecule is C=Cc1cc(C(C)C)cc(N2CCCN(C(=O)OC(C)(C)C)CC2)c1N=C. The number of nitrogens with zero attached hydrogens (tertiary/aromatic N) is 3. The Morgan fingerprint density at radius 2 is 1.93 bits per heavy atom. The average molecular weight is 372 g/mol. The molecule has 5 heteroatoms. The molecule has 0 radical (unpaired) electrons. The Labute approximate surface area is 163 Å². The lowest BCUT2D eigenvalue weighted by atomic mass is 9.97. The van der Waals surface area contributed by atoms with Crippen molar-refractivity contribution in [3.63, 3.8) is 0 Å². The van der Waals surface area contributed by atoms with Gasteiger partial charge in [0.05, 0.1) is 11.4 Å². The Morgan fingerprint density at radius 3 is 2.48 bits per heavy atom. The van der Waals surface area contributed by atoms with Gasteiger partial charge in [0.2, 0.25) is 0 Å². The van der Waals surface area contributed by atoms with Crippen LogP contribution in [0.15, 0.2) is 23.7 Å². The molecule has 0 unspecified atom stereocenters. The van der Waals surface area contributed by atoms with E-state index in [9.17, 15) is 4.79 Å². The van der Waals surface area contributed by atoms with E-state index < -0.39 is 5.60 Å². The van der Waals surface area contributed by atoms with Gasteiger partial charge >= 0.3 is 6.09 Å². The third kappa shape index (κ3) is 5.34. The van der Waals surface area contributed by atoms with Gasteiger partial charge in [-0.1, -0.05) is 26.5 Å². The predicted molar refractivity (Wildman–Crippen MR) is 114 cm³/mol. The summed E-state index contributed by atoms with van der Waals surface area (Å²) in [5.74, 6) is 0.409. The molecule has 1 aliphatic rings. The molecule has 1 heterocycles. The minimum Gasteiger partial charge on any atom is -0.444 e. The number of aliphatic imine (C=N–C) groups is 1. The summed E-state index contributed by atoms with van der Waals surface area (Å²) in [5, 5.41) is 0. The Bertz CT molecular complexity index is 704. The molecule has 0 bridgehead atoms. The molecule has 0 spiro atoms. The maximum absolute atomic E-state index is 12.4. The minimum absolute atomic E-state index is 0.242. The van der Waals surface area contributed by atoms with Crippen LogP contribution in [0.5, 0.6) is 0 Å². The number of hydrogen-bond acceptors (Lipinski definition) is 4. The van der Waals surface area contributed by atoms with Crippen molar-refractivity contribution in [1.29, 1.82) is 0 Å². The summed E-state index contributed by atoms with van der Waals surface area (Å²) in [6.07, 6.45) is 2.48. The lowest BCUT2D eigenvalue weighted by Crippen LogP contribution is -2.39. The number of carbonyl (C=O) groups excluding carboxylic acids is 1. The quantitative estimate of drug-likeness (QED) is 0.681. The summed E-state index contributed by atoms with van der Waals surface area (Å²) in [6.45, 7) is 20.7. The molecule has 1 amide bonds. The van der Waals surface area contributed by atoms with Gasteiger partial charge in [0, 0.05) is 31.7 Å². The van der Waals surface area contributed by atoms with Gasteiger partial charge in [0.1, 0.15) is 5.60 Å². The average Bonchev–Trinajstić information content (AvgIpc) is 2.85. The first kappa shape index (κ1) is 21.0. The van der Waals surface area contributed by atoms with E-state index >= 15 is 0 Å². The van der Waals surface area contributed by atoms with Gasteiger partial charge in [-0.05, 0) is 57.5 Å². The molecule has 1 aromatic carbocycles. The monoisotopic (exact) mass is 371 g/mol. The fourth-order valence-electron chi connectivity index (χ4n) is 3.23. The molecule has 1 aromatic rings. The second-order valence-corrected chi connectivity index (χ2v) is 8.30. The first-order valence-electron chi connectivity index (χ1n) is 9.66. The highest BCUT2D eigenvalue weighted by Gasteiger charge is 2.25. The van der Waals surface area contributed by atoms with Crippen LogP contribution in [0.3, 0.4) is 0 Å². The van der Waals surface area contributed by atoms with Gasteiger partial charge in [-0.15, -0.1) is 0 Å². The van der Waals surface area contributed by atoms with E-state index in [1.54, 1.807) is 4.90 Å². The van der Waals surface area contributed by atoms with Crippen molar-refractivity contribution in [1.82, 2.24) is 4.90 Å². The Kier molecular flexibility index (Phi) is 6.68. The Morgan fingerprint density at radius 1 is 1.22 bits per heavy atom. The summed E-state index contributed by atoms with van der Waals surface area (Å²) in [7, 11) is 0. The van der Waals surface area contributed by atoms with Crippen molar-refractivity contribution in [2.75, 3.05) is 31.1 Å². The van der Waals surface area contributed by atoms with Crippen molar-refractivity contribution in [2.45, 2.75) is 52.6 Å². The zero-order valence-corrected chi connectivity index (χ0v) is 17.4.